The van der Waals surface area contributed by atoms with Crippen molar-refractivity contribution in [1.82, 2.24) is 14.1 Å². The molecule has 2 rings (SSSR count). The molecule has 0 bridgehead atoms. The van der Waals surface area contributed by atoms with E-state index in [-0.39, 0.29) is 10.8 Å². The molecule has 8 heteroatoms. The molecule has 2 heterocycles. The number of nitrogen functional groups attached to an aromatic ring is 1. The average molecular weight is 311 g/mol. The number of rotatable bonds is 6. The fourth-order valence-corrected chi connectivity index (χ4v) is 3.90. The van der Waals surface area contributed by atoms with E-state index in [0.717, 1.165) is 0 Å². The molecular formula is C13H21N5O2S. The van der Waals surface area contributed by atoms with Gasteiger partial charge in [-0.3, -0.25) is 4.40 Å². The van der Waals surface area contributed by atoms with Crippen molar-refractivity contribution in [3.63, 3.8) is 0 Å². The third-order valence-corrected chi connectivity index (χ3v) is 5.48. The van der Waals surface area contributed by atoms with Crippen LogP contribution >= 0.6 is 0 Å². The van der Waals surface area contributed by atoms with E-state index in [4.69, 9.17) is 5.84 Å². The molecular weight excluding hydrogens is 290 g/mol. The van der Waals surface area contributed by atoms with E-state index in [1.165, 1.54) is 4.40 Å². The highest BCUT2D eigenvalue weighted by molar-refractivity contribution is 7.89. The second kappa shape index (κ2) is 5.63. The summed E-state index contributed by atoms with van der Waals surface area (Å²) in [5.41, 5.74) is 2.37. The first-order chi connectivity index (χ1) is 9.87. The molecule has 2 aromatic heterocycles. The minimum Gasteiger partial charge on any atom is -0.306 e. The van der Waals surface area contributed by atoms with Crippen LogP contribution in [0.3, 0.4) is 0 Å². The molecule has 0 aliphatic heterocycles. The van der Waals surface area contributed by atoms with E-state index < -0.39 is 15.6 Å². The zero-order chi connectivity index (χ0) is 15.7. The molecule has 0 saturated carbocycles. The van der Waals surface area contributed by atoms with Gasteiger partial charge in [-0.1, -0.05) is 19.9 Å². The third kappa shape index (κ3) is 2.87. The van der Waals surface area contributed by atoms with Crippen molar-refractivity contribution < 1.29 is 8.42 Å². The second-order valence-electron chi connectivity index (χ2n) is 5.21. The minimum atomic E-state index is -3.76. The number of hydrogen-bond donors (Lipinski definition) is 3. The van der Waals surface area contributed by atoms with Gasteiger partial charge in [0.05, 0.1) is 0 Å². The molecule has 0 aliphatic rings. The van der Waals surface area contributed by atoms with Crippen molar-refractivity contribution in [2.24, 2.45) is 5.84 Å². The van der Waals surface area contributed by atoms with Gasteiger partial charge in [-0.05, 0) is 31.9 Å². The van der Waals surface area contributed by atoms with Gasteiger partial charge < -0.3 is 5.43 Å². The van der Waals surface area contributed by atoms with Crippen LogP contribution < -0.4 is 16.0 Å². The lowest BCUT2D eigenvalue weighted by Crippen LogP contribution is -2.45. The number of imidazole rings is 1. The van der Waals surface area contributed by atoms with Gasteiger partial charge in [0.1, 0.15) is 5.65 Å². The van der Waals surface area contributed by atoms with Crippen LogP contribution in [0.5, 0.6) is 0 Å². The Morgan fingerprint density at radius 3 is 2.57 bits per heavy atom. The predicted octanol–water partition coefficient (Wildman–Crippen LogP) is 1.48. The smallest absolute Gasteiger partial charge is 0.260 e. The first-order valence-corrected chi connectivity index (χ1v) is 8.33. The molecule has 0 unspecified atom stereocenters. The molecule has 0 saturated heterocycles. The first-order valence-electron chi connectivity index (χ1n) is 6.84. The van der Waals surface area contributed by atoms with Crippen molar-refractivity contribution in [2.75, 3.05) is 5.43 Å². The molecule has 0 atom stereocenters. The number of aromatic nitrogens is 2. The molecule has 0 aromatic carbocycles. The topological polar surface area (TPSA) is 102 Å². The second-order valence-corrected chi connectivity index (χ2v) is 6.81. The lowest BCUT2D eigenvalue weighted by molar-refractivity contribution is 0.388. The summed E-state index contributed by atoms with van der Waals surface area (Å²) in [5, 5.41) is 0.0220. The molecule has 0 radical (unpaired) electrons. The molecule has 7 nitrogen and oxygen atoms in total. The van der Waals surface area contributed by atoms with Gasteiger partial charge >= 0.3 is 0 Å². The quantitative estimate of drug-likeness (QED) is 0.554. The van der Waals surface area contributed by atoms with Gasteiger partial charge in [0.2, 0.25) is 0 Å². The van der Waals surface area contributed by atoms with Crippen LogP contribution in [0.25, 0.3) is 5.65 Å². The van der Waals surface area contributed by atoms with E-state index in [1.807, 2.05) is 20.8 Å². The van der Waals surface area contributed by atoms with E-state index in [1.54, 1.807) is 24.4 Å². The lowest BCUT2D eigenvalue weighted by Gasteiger charge is -2.27. The zero-order valence-corrected chi connectivity index (χ0v) is 13.2. The van der Waals surface area contributed by atoms with E-state index in [0.29, 0.717) is 18.5 Å². The van der Waals surface area contributed by atoms with Crippen LogP contribution in [-0.4, -0.2) is 23.3 Å². The lowest BCUT2D eigenvalue weighted by atomic mass is 9.98. The van der Waals surface area contributed by atoms with Gasteiger partial charge in [0.15, 0.2) is 10.8 Å². The summed E-state index contributed by atoms with van der Waals surface area (Å²) in [5.74, 6) is 5.55. The fourth-order valence-electron chi connectivity index (χ4n) is 2.09. The third-order valence-electron chi connectivity index (χ3n) is 3.82. The van der Waals surface area contributed by atoms with Crippen molar-refractivity contribution in [1.29, 1.82) is 0 Å². The van der Waals surface area contributed by atoms with Gasteiger partial charge in [0, 0.05) is 11.7 Å². The maximum Gasteiger partial charge on any atom is 0.260 e. The molecule has 116 valence electrons. The summed E-state index contributed by atoms with van der Waals surface area (Å²) < 4.78 is 29.8. The van der Waals surface area contributed by atoms with Gasteiger partial charge in [-0.15, -0.1) is 0 Å². The Balaban J connectivity index is 2.59. The summed E-state index contributed by atoms with van der Waals surface area (Å²) in [6, 6.07) is 5.25. The number of anilines is 1. The zero-order valence-electron chi connectivity index (χ0n) is 12.4. The number of nitrogens with zero attached hydrogens (tertiary/aromatic N) is 2. The molecule has 2 aromatic rings. The molecule has 4 N–H and O–H groups in total. The average Bonchev–Trinajstić information content (AvgIpc) is 2.86. The van der Waals surface area contributed by atoms with Crippen LogP contribution in [0.4, 0.5) is 5.82 Å². The van der Waals surface area contributed by atoms with E-state index in [9.17, 15) is 8.42 Å². The maximum atomic E-state index is 12.8. The van der Waals surface area contributed by atoms with Crippen LogP contribution in [0.2, 0.25) is 0 Å². The standard InChI is InChI=1S/C13H21N5O2S/c1-4-13(3,5-2)17-21(19,20)12-11(16-14)15-10-8-6-7-9-18(10)12/h6-9,16-17H,4-5,14H2,1-3H3. The Hall–Kier alpha value is -1.64. The van der Waals surface area contributed by atoms with Crippen LogP contribution in [0, 0.1) is 0 Å². The number of pyridine rings is 1. The van der Waals surface area contributed by atoms with E-state index >= 15 is 0 Å². The Morgan fingerprint density at radius 1 is 1.33 bits per heavy atom. The highest BCUT2D eigenvalue weighted by atomic mass is 32.2. The minimum absolute atomic E-state index is 0.0220. The van der Waals surface area contributed by atoms with Crippen molar-refractivity contribution in [3.05, 3.63) is 24.4 Å². The van der Waals surface area contributed by atoms with Crippen molar-refractivity contribution in [2.45, 2.75) is 44.2 Å². The number of nitrogens with two attached hydrogens (primary N) is 1. The molecule has 0 spiro atoms. The summed E-state index contributed by atoms with van der Waals surface area (Å²) >= 11 is 0. The fraction of sp³-hybridized carbons (Fsp3) is 0.462. The number of hydrazine groups is 1. The van der Waals surface area contributed by atoms with E-state index in [2.05, 4.69) is 15.1 Å². The Kier molecular flexibility index (Phi) is 4.22. The summed E-state index contributed by atoms with van der Waals surface area (Å²) in [6.45, 7) is 5.77. The van der Waals surface area contributed by atoms with Gasteiger partial charge in [-0.25, -0.2) is 24.0 Å². The van der Waals surface area contributed by atoms with Gasteiger partial charge in [-0.2, -0.15) is 0 Å². The van der Waals surface area contributed by atoms with Crippen LogP contribution in [0.15, 0.2) is 29.4 Å². The Bertz CT molecular complexity index is 734. The summed E-state index contributed by atoms with van der Waals surface area (Å²) in [6.07, 6.45) is 3.02. The normalized spacial score (nSPS) is 12.8. The number of sulfonamides is 1. The van der Waals surface area contributed by atoms with Crippen LogP contribution in [0.1, 0.15) is 33.6 Å². The first kappa shape index (κ1) is 15.7. The van der Waals surface area contributed by atoms with Crippen molar-refractivity contribution >= 4 is 21.5 Å². The monoisotopic (exact) mass is 311 g/mol. The van der Waals surface area contributed by atoms with Gasteiger partial charge in [0.25, 0.3) is 10.0 Å². The highest BCUT2D eigenvalue weighted by Crippen LogP contribution is 2.25. The SMILES string of the molecule is CCC(C)(CC)NS(=O)(=O)c1c(NN)nc2ccccn12. The molecule has 0 amide bonds. The molecule has 0 aliphatic carbocycles. The maximum absolute atomic E-state index is 12.8. The number of nitrogens with one attached hydrogen (secondary N) is 2. The van der Waals surface area contributed by atoms with Crippen molar-refractivity contribution in [3.8, 4) is 0 Å². The number of fused-ring (bicyclic) bond motifs is 1. The molecule has 0 fully saturated rings. The number of hydrogen-bond acceptors (Lipinski definition) is 5. The highest BCUT2D eigenvalue weighted by Gasteiger charge is 2.32. The summed E-state index contributed by atoms with van der Waals surface area (Å²) in [7, 11) is -3.76. The molecule has 21 heavy (non-hydrogen) atoms. The van der Waals surface area contributed by atoms with Crippen LogP contribution in [-0.2, 0) is 10.0 Å². The Morgan fingerprint density at radius 2 is 2.00 bits per heavy atom. The summed E-state index contributed by atoms with van der Waals surface area (Å²) in [4.78, 5) is 4.19. The predicted molar refractivity (Wildman–Crippen MR) is 82.3 cm³/mol. The Labute approximate surface area is 124 Å². The largest absolute Gasteiger partial charge is 0.306 e.